The summed E-state index contributed by atoms with van der Waals surface area (Å²) in [5.74, 6) is 1.08. The minimum absolute atomic E-state index is 0. The van der Waals surface area contributed by atoms with Crippen molar-refractivity contribution in [3.8, 4) is 0 Å². The Morgan fingerprint density at radius 3 is 2.44 bits per heavy atom. The molecule has 0 bridgehead atoms. The van der Waals surface area contributed by atoms with Gasteiger partial charge in [-0.15, -0.1) is 12.4 Å². The molecular formula is C13H26ClN3O. The standard InChI is InChI=1S/C13H25N3O.ClH/c1-15(2)10-13(17)16-8-5-11(6-9-16)12-4-3-7-14-12;/h11-12,14H,3-10H2,1-2H3;1H. The Morgan fingerprint density at radius 2 is 1.94 bits per heavy atom. The molecule has 2 fully saturated rings. The first-order valence-corrected chi connectivity index (χ1v) is 6.82. The van der Waals surface area contributed by atoms with Gasteiger partial charge >= 0.3 is 0 Å². The number of nitrogens with zero attached hydrogens (tertiary/aromatic N) is 2. The van der Waals surface area contributed by atoms with Crippen LogP contribution in [0, 0.1) is 5.92 Å². The molecule has 5 heteroatoms. The fourth-order valence-electron chi connectivity index (χ4n) is 3.04. The van der Waals surface area contributed by atoms with Crippen molar-refractivity contribution in [3.05, 3.63) is 0 Å². The molecule has 0 aromatic heterocycles. The number of hydrogen-bond donors (Lipinski definition) is 1. The number of carbonyl (C=O) groups excluding carboxylic acids is 1. The van der Waals surface area contributed by atoms with Crippen molar-refractivity contribution in [1.82, 2.24) is 15.1 Å². The molecule has 2 heterocycles. The maximum Gasteiger partial charge on any atom is 0.236 e. The number of carbonyl (C=O) groups is 1. The van der Waals surface area contributed by atoms with Gasteiger partial charge in [0.25, 0.3) is 0 Å². The average molecular weight is 276 g/mol. The average Bonchev–Trinajstić information content (AvgIpc) is 2.82. The quantitative estimate of drug-likeness (QED) is 0.833. The summed E-state index contributed by atoms with van der Waals surface area (Å²) in [5.41, 5.74) is 0. The zero-order chi connectivity index (χ0) is 12.3. The maximum atomic E-state index is 11.9. The summed E-state index contributed by atoms with van der Waals surface area (Å²) in [7, 11) is 3.90. The lowest BCUT2D eigenvalue weighted by Crippen LogP contribution is -2.45. The first-order chi connectivity index (χ1) is 8.16. The third kappa shape index (κ3) is 4.11. The van der Waals surface area contributed by atoms with E-state index < -0.39 is 0 Å². The molecule has 0 aliphatic carbocycles. The summed E-state index contributed by atoms with van der Waals surface area (Å²) in [6, 6.07) is 0.723. The number of nitrogens with one attached hydrogen (secondary N) is 1. The van der Waals surface area contributed by atoms with Gasteiger partial charge in [0.05, 0.1) is 6.54 Å². The highest BCUT2D eigenvalue weighted by Gasteiger charge is 2.29. The zero-order valence-corrected chi connectivity index (χ0v) is 12.3. The highest BCUT2D eigenvalue weighted by Crippen LogP contribution is 2.25. The van der Waals surface area contributed by atoms with Gasteiger partial charge < -0.3 is 15.1 Å². The van der Waals surface area contributed by atoms with E-state index in [4.69, 9.17) is 0 Å². The van der Waals surface area contributed by atoms with Crippen molar-refractivity contribution >= 4 is 18.3 Å². The molecule has 106 valence electrons. The van der Waals surface area contributed by atoms with Gasteiger partial charge in [-0.1, -0.05) is 0 Å². The van der Waals surface area contributed by atoms with Crippen LogP contribution in [0.5, 0.6) is 0 Å². The molecule has 0 aromatic rings. The molecular weight excluding hydrogens is 250 g/mol. The third-order valence-corrected chi connectivity index (χ3v) is 4.01. The smallest absolute Gasteiger partial charge is 0.236 e. The molecule has 4 nitrogen and oxygen atoms in total. The molecule has 0 saturated carbocycles. The van der Waals surface area contributed by atoms with Crippen molar-refractivity contribution in [2.45, 2.75) is 31.7 Å². The van der Waals surface area contributed by atoms with Gasteiger partial charge in [-0.05, 0) is 52.2 Å². The van der Waals surface area contributed by atoms with Crippen molar-refractivity contribution in [2.24, 2.45) is 5.92 Å². The topological polar surface area (TPSA) is 35.6 Å². The van der Waals surface area contributed by atoms with Crippen LogP contribution in [0.3, 0.4) is 0 Å². The largest absolute Gasteiger partial charge is 0.342 e. The second-order valence-corrected chi connectivity index (χ2v) is 5.66. The lowest BCUT2D eigenvalue weighted by atomic mass is 9.88. The molecule has 2 saturated heterocycles. The van der Waals surface area contributed by atoms with Gasteiger partial charge in [-0.2, -0.15) is 0 Å². The molecule has 0 spiro atoms. The van der Waals surface area contributed by atoms with Crippen LogP contribution in [-0.4, -0.2) is 62.0 Å². The molecule has 1 N–H and O–H groups in total. The van der Waals surface area contributed by atoms with Crippen molar-refractivity contribution in [2.75, 3.05) is 40.3 Å². The highest BCUT2D eigenvalue weighted by atomic mass is 35.5. The number of piperidine rings is 1. The number of amides is 1. The van der Waals surface area contributed by atoms with Crippen LogP contribution < -0.4 is 5.32 Å². The summed E-state index contributed by atoms with van der Waals surface area (Å²) in [6.45, 7) is 3.64. The van der Waals surface area contributed by atoms with Crippen LogP contribution in [0.4, 0.5) is 0 Å². The summed E-state index contributed by atoms with van der Waals surface area (Å²) < 4.78 is 0. The first-order valence-electron chi connectivity index (χ1n) is 6.82. The molecule has 1 unspecified atom stereocenters. The summed E-state index contributed by atoms with van der Waals surface area (Å²) >= 11 is 0. The Morgan fingerprint density at radius 1 is 1.28 bits per heavy atom. The minimum atomic E-state index is 0. The van der Waals surface area contributed by atoms with Gasteiger partial charge in [0.2, 0.25) is 5.91 Å². The van der Waals surface area contributed by atoms with Crippen molar-refractivity contribution in [1.29, 1.82) is 0 Å². The second-order valence-electron chi connectivity index (χ2n) is 5.66. The number of likely N-dealkylation sites (tertiary alicyclic amines) is 1. The lowest BCUT2D eigenvalue weighted by molar-refractivity contribution is -0.133. The summed E-state index contributed by atoms with van der Waals surface area (Å²) in [5, 5.41) is 3.59. The Labute approximate surface area is 116 Å². The molecule has 18 heavy (non-hydrogen) atoms. The number of rotatable bonds is 3. The van der Waals surface area contributed by atoms with Gasteiger partial charge in [-0.3, -0.25) is 4.79 Å². The van der Waals surface area contributed by atoms with E-state index in [0.29, 0.717) is 6.54 Å². The predicted molar refractivity (Wildman–Crippen MR) is 76.1 cm³/mol. The van der Waals surface area contributed by atoms with E-state index in [1.165, 1.54) is 32.2 Å². The zero-order valence-electron chi connectivity index (χ0n) is 11.5. The van der Waals surface area contributed by atoms with Crippen molar-refractivity contribution < 1.29 is 4.79 Å². The number of halogens is 1. The fourth-order valence-corrected chi connectivity index (χ4v) is 3.04. The summed E-state index contributed by atoms with van der Waals surface area (Å²) in [4.78, 5) is 15.9. The van der Waals surface area contributed by atoms with Gasteiger partial charge in [0.1, 0.15) is 0 Å². The van der Waals surface area contributed by atoms with E-state index in [0.717, 1.165) is 25.0 Å². The third-order valence-electron chi connectivity index (χ3n) is 4.01. The maximum absolute atomic E-state index is 11.9. The highest BCUT2D eigenvalue weighted by molar-refractivity contribution is 5.85. The molecule has 2 rings (SSSR count). The van der Waals surface area contributed by atoms with E-state index in [2.05, 4.69) is 5.32 Å². The van der Waals surface area contributed by atoms with E-state index in [1.807, 2.05) is 23.9 Å². The monoisotopic (exact) mass is 275 g/mol. The van der Waals surface area contributed by atoms with Gasteiger partial charge in [0.15, 0.2) is 0 Å². The first kappa shape index (κ1) is 15.7. The number of likely N-dealkylation sites (N-methyl/N-ethyl adjacent to an activating group) is 1. The Balaban J connectivity index is 0.00000162. The van der Waals surface area contributed by atoms with Crippen LogP contribution in [0.25, 0.3) is 0 Å². The van der Waals surface area contributed by atoms with Crippen LogP contribution in [-0.2, 0) is 4.79 Å². The second kappa shape index (κ2) is 7.31. The van der Waals surface area contributed by atoms with Crippen LogP contribution in [0.15, 0.2) is 0 Å². The van der Waals surface area contributed by atoms with E-state index in [1.54, 1.807) is 0 Å². The fraction of sp³-hybridized carbons (Fsp3) is 0.923. The van der Waals surface area contributed by atoms with Crippen LogP contribution in [0.2, 0.25) is 0 Å². The Hall–Kier alpha value is -0.320. The van der Waals surface area contributed by atoms with E-state index >= 15 is 0 Å². The molecule has 2 aliphatic rings. The predicted octanol–water partition coefficient (Wildman–Crippen LogP) is 0.960. The molecule has 0 radical (unpaired) electrons. The minimum Gasteiger partial charge on any atom is -0.342 e. The molecule has 1 atom stereocenters. The lowest BCUT2D eigenvalue weighted by Gasteiger charge is -2.35. The van der Waals surface area contributed by atoms with E-state index in [-0.39, 0.29) is 18.3 Å². The Bertz CT molecular complexity index is 259. The normalized spacial score (nSPS) is 25.3. The van der Waals surface area contributed by atoms with Gasteiger partial charge in [0, 0.05) is 19.1 Å². The number of hydrogen-bond acceptors (Lipinski definition) is 3. The SMILES string of the molecule is CN(C)CC(=O)N1CCC(C2CCCN2)CC1.Cl. The van der Waals surface area contributed by atoms with E-state index in [9.17, 15) is 4.79 Å². The molecule has 1 amide bonds. The van der Waals surface area contributed by atoms with Crippen LogP contribution >= 0.6 is 12.4 Å². The summed E-state index contributed by atoms with van der Waals surface area (Å²) in [6.07, 6.45) is 5.01. The van der Waals surface area contributed by atoms with Gasteiger partial charge in [-0.25, -0.2) is 0 Å². The van der Waals surface area contributed by atoms with Crippen molar-refractivity contribution in [3.63, 3.8) is 0 Å². The Kier molecular flexibility index (Phi) is 6.39. The molecule has 2 aliphatic heterocycles. The molecule has 0 aromatic carbocycles. The van der Waals surface area contributed by atoms with Crippen LogP contribution in [0.1, 0.15) is 25.7 Å².